The fourth-order valence-electron chi connectivity index (χ4n) is 6.78. The maximum Gasteiger partial charge on any atom is 0.186 e. The van der Waals surface area contributed by atoms with Crippen LogP contribution in [0.5, 0.6) is 0 Å². The molecule has 0 aliphatic heterocycles. The molecular weight excluding hydrogens is 290 g/mol. The number of nitrogens with zero attached hydrogens (tertiary/aromatic N) is 1. The topological polar surface area (TPSA) is 69.9 Å². The number of aliphatic hydroxyl groups is 1. The zero-order chi connectivity index (χ0) is 16.4. The molecule has 4 aliphatic carbocycles. The van der Waals surface area contributed by atoms with E-state index in [9.17, 15) is 15.1 Å². The molecule has 4 fully saturated rings. The van der Waals surface area contributed by atoms with Gasteiger partial charge in [-0.15, -0.1) is 0 Å². The van der Waals surface area contributed by atoms with Gasteiger partial charge in [0.15, 0.2) is 5.78 Å². The molecule has 4 aliphatic rings. The maximum atomic E-state index is 12.6. The van der Waals surface area contributed by atoms with Crippen LogP contribution in [0.2, 0.25) is 0 Å². The van der Waals surface area contributed by atoms with Gasteiger partial charge in [0.2, 0.25) is 0 Å². The number of carbonyl (C=O) groups excluding carboxylic acids is 1. The average molecular weight is 319 g/mol. The summed E-state index contributed by atoms with van der Waals surface area (Å²) in [6.07, 6.45) is 8.11. The summed E-state index contributed by atoms with van der Waals surface area (Å²) < 4.78 is 0. The van der Waals surface area contributed by atoms with E-state index in [1.165, 1.54) is 12.8 Å². The molecule has 0 bridgehead atoms. The van der Waals surface area contributed by atoms with E-state index in [1.54, 1.807) is 0 Å². The number of hydrogen-bond donors (Lipinski definition) is 2. The molecule has 0 aromatic rings. The molecule has 0 heterocycles. The molecule has 0 spiro atoms. The van der Waals surface area contributed by atoms with Gasteiger partial charge in [-0.05, 0) is 81.5 Å². The molecule has 0 radical (unpaired) electrons. The summed E-state index contributed by atoms with van der Waals surface area (Å²) in [5.74, 6) is 3.14. The fraction of sp³-hybridized carbons (Fsp3) is 0.895. The van der Waals surface area contributed by atoms with Crippen molar-refractivity contribution in [3.05, 3.63) is 0 Å². The largest absolute Gasteiger partial charge is 0.411 e. The van der Waals surface area contributed by atoms with Crippen molar-refractivity contribution in [2.24, 2.45) is 40.2 Å². The van der Waals surface area contributed by atoms with Crippen molar-refractivity contribution in [2.45, 2.75) is 70.8 Å². The molecule has 1 unspecified atom stereocenters. The highest BCUT2D eigenvalue weighted by Gasteiger charge is 2.59. The summed E-state index contributed by atoms with van der Waals surface area (Å²) >= 11 is 0. The minimum atomic E-state index is -0.475. The Morgan fingerprint density at radius 2 is 1.78 bits per heavy atom. The lowest BCUT2D eigenvalue weighted by Crippen LogP contribution is -2.50. The summed E-state index contributed by atoms with van der Waals surface area (Å²) in [6.45, 7) is 4.10. The summed E-state index contributed by atoms with van der Waals surface area (Å²) in [5.41, 5.74) is -0.362. The van der Waals surface area contributed by atoms with E-state index in [-0.39, 0.29) is 11.2 Å². The number of hydrogen-bond acceptors (Lipinski definition) is 4. The first-order valence-electron chi connectivity index (χ1n) is 9.34. The van der Waals surface area contributed by atoms with Crippen LogP contribution in [0, 0.1) is 35.0 Å². The van der Waals surface area contributed by atoms with Crippen molar-refractivity contribution < 1.29 is 15.1 Å². The molecule has 0 saturated heterocycles. The van der Waals surface area contributed by atoms with Gasteiger partial charge in [0, 0.05) is 11.8 Å². The second kappa shape index (κ2) is 5.05. The van der Waals surface area contributed by atoms with Crippen LogP contribution in [-0.4, -0.2) is 27.4 Å². The molecule has 4 nitrogen and oxygen atoms in total. The number of carbonyl (C=O) groups is 1. The van der Waals surface area contributed by atoms with E-state index in [0.29, 0.717) is 35.8 Å². The van der Waals surface area contributed by atoms with E-state index >= 15 is 0 Å². The third-order valence-corrected chi connectivity index (χ3v) is 7.94. The first-order chi connectivity index (χ1) is 10.9. The van der Waals surface area contributed by atoms with Gasteiger partial charge in [0.05, 0.1) is 5.60 Å². The van der Waals surface area contributed by atoms with Crippen LogP contribution in [0.25, 0.3) is 0 Å². The van der Waals surface area contributed by atoms with Crippen LogP contribution in [0.1, 0.15) is 65.2 Å². The Morgan fingerprint density at radius 3 is 2.52 bits per heavy atom. The number of oxime groups is 1. The Labute approximate surface area is 138 Å². The Hall–Kier alpha value is -0.900. The van der Waals surface area contributed by atoms with Gasteiger partial charge in [-0.1, -0.05) is 12.1 Å². The lowest BCUT2D eigenvalue weighted by atomic mass is 9.50. The van der Waals surface area contributed by atoms with Crippen LogP contribution in [0.3, 0.4) is 0 Å². The second-order valence-electron chi connectivity index (χ2n) is 9.21. The fourth-order valence-corrected chi connectivity index (χ4v) is 6.78. The van der Waals surface area contributed by atoms with Gasteiger partial charge in [-0.3, -0.25) is 4.79 Å². The SMILES string of the molecule is C[C@@]1(O)CC[C@H]2C(CC[C@@H]3[C@@H]2CC[C@]2(C)C(=O)/C(=N\O)C[C@@H]32)C1. The van der Waals surface area contributed by atoms with Crippen LogP contribution < -0.4 is 0 Å². The lowest BCUT2D eigenvalue weighted by Gasteiger charge is -2.55. The standard InChI is InChI=1S/C19H29NO3/c1-18(22)7-5-12-11(10-18)3-4-14-13(12)6-8-19(2)15(14)9-16(20-23)17(19)21/h11-15,22-23H,3-10H2,1-2H3/b20-16-/t11?,12-,13+,14+,15-,18+,19-/m0/s1. The highest BCUT2D eigenvalue weighted by atomic mass is 16.4. The van der Waals surface area contributed by atoms with Crippen molar-refractivity contribution in [2.75, 3.05) is 0 Å². The molecule has 4 heteroatoms. The van der Waals surface area contributed by atoms with E-state index in [4.69, 9.17) is 0 Å². The third kappa shape index (κ3) is 2.20. The van der Waals surface area contributed by atoms with Crippen LogP contribution in [-0.2, 0) is 4.79 Å². The molecule has 0 aromatic carbocycles. The second-order valence-corrected chi connectivity index (χ2v) is 9.21. The Kier molecular flexibility index (Phi) is 3.43. The Morgan fingerprint density at radius 1 is 1.04 bits per heavy atom. The van der Waals surface area contributed by atoms with Crippen LogP contribution >= 0.6 is 0 Å². The maximum absolute atomic E-state index is 12.6. The zero-order valence-corrected chi connectivity index (χ0v) is 14.3. The molecule has 2 N–H and O–H groups in total. The highest BCUT2D eigenvalue weighted by molar-refractivity contribution is 6.43. The molecule has 4 rings (SSSR count). The minimum absolute atomic E-state index is 0.0946. The molecule has 4 saturated carbocycles. The van der Waals surface area contributed by atoms with Crippen molar-refractivity contribution in [1.82, 2.24) is 0 Å². The summed E-state index contributed by atoms with van der Waals surface area (Å²) in [6, 6.07) is 0. The number of Topliss-reactive ketones (excluding diaryl/α,β-unsaturated/α-hetero) is 1. The molecule has 23 heavy (non-hydrogen) atoms. The predicted octanol–water partition coefficient (Wildman–Crippen LogP) is 3.40. The van der Waals surface area contributed by atoms with E-state index in [2.05, 4.69) is 12.1 Å². The van der Waals surface area contributed by atoms with Gasteiger partial charge in [-0.2, -0.15) is 0 Å². The Bertz CT molecular complexity index is 555. The molecule has 128 valence electrons. The first-order valence-corrected chi connectivity index (χ1v) is 9.34. The number of ketones is 1. The van der Waals surface area contributed by atoms with Gasteiger partial charge < -0.3 is 10.3 Å². The quantitative estimate of drug-likeness (QED) is 0.531. The van der Waals surface area contributed by atoms with Gasteiger partial charge in [0.1, 0.15) is 5.71 Å². The monoisotopic (exact) mass is 319 g/mol. The molecule has 0 aromatic heterocycles. The average Bonchev–Trinajstić information content (AvgIpc) is 2.77. The Balaban J connectivity index is 1.60. The van der Waals surface area contributed by atoms with Gasteiger partial charge in [-0.25, -0.2) is 0 Å². The molecular formula is C19H29NO3. The number of rotatable bonds is 0. The summed E-state index contributed by atoms with van der Waals surface area (Å²) in [7, 11) is 0. The third-order valence-electron chi connectivity index (χ3n) is 7.94. The number of fused-ring (bicyclic) bond motifs is 5. The van der Waals surface area contributed by atoms with Crippen LogP contribution in [0.4, 0.5) is 0 Å². The van der Waals surface area contributed by atoms with Crippen LogP contribution in [0.15, 0.2) is 5.16 Å². The van der Waals surface area contributed by atoms with Crippen molar-refractivity contribution in [1.29, 1.82) is 0 Å². The van der Waals surface area contributed by atoms with E-state index in [1.807, 2.05) is 6.92 Å². The first kappa shape index (κ1) is 15.6. The van der Waals surface area contributed by atoms with E-state index < -0.39 is 5.60 Å². The lowest BCUT2D eigenvalue weighted by molar-refractivity contribution is -0.132. The molecule has 7 atom stereocenters. The highest BCUT2D eigenvalue weighted by Crippen LogP contribution is 2.61. The van der Waals surface area contributed by atoms with Crippen molar-refractivity contribution in [3.8, 4) is 0 Å². The minimum Gasteiger partial charge on any atom is -0.411 e. The zero-order valence-electron chi connectivity index (χ0n) is 14.3. The molecule has 0 amide bonds. The van der Waals surface area contributed by atoms with Gasteiger partial charge in [0.25, 0.3) is 0 Å². The van der Waals surface area contributed by atoms with Gasteiger partial charge >= 0.3 is 0 Å². The predicted molar refractivity (Wildman–Crippen MR) is 87.3 cm³/mol. The van der Waals surface area contributed by atoms with E-state index in [0.717, 1.165) is 38.0 Å². The smallest absolute Gasteiger partial charge is 0.186 e. The van der Waals surface area contributed by atoms with Crippen molar-refractivity contribution in [3.63, 3.8) is 0 Å². The summed E-state index contributed by atoms with van der Waals surface area (Å²) in [4.78, 5) is 12.6. The van der Waals surface area contributed by atoms with Crippen molar-refractivity contribution >= 4 is 11.5 Å². The normalized spacial score (nSPS) is 54.5. The summed E-state index contributed by atoms with van der Waals surface area (Å²) in [5, 5.41) is 22.9.